The molecular weight excluding hydrogens is 276 g/mol. The summed E-state index contributed by atoms with van der Waals surface area (Å²) in [6.07, 6.45) is 2.41. The zero-order valence-corrected chi connectivity index (χ0v) is 12.3. The molecule has 3 rings (SSSR count). The van der Waals surface area contributed by atoms with Crippen LogP contribution in [0.15, 0.2) is 30.2 Å². The van der Waals surface area contributed by atoms with Gasteiger partial charge >= 0.3 is 0 Å². The molecule has 1 fully saturated rings. The number of thiazole rings is 1. The van der Waals surface area contributed by atoms with Crippen molar-refractivity contribution in [3.8, 4) is 10.6 Å². The highest BCUT2D eigenvalue weighted by Gasteiger charge is 2.30. The molecule has 0 bridgehead atoms. The van der Waals surface area contributed by atoms with E-state index < -0.39 is 0 Å². The molecule has 2 aromatic heterocycles. The molecular formula is C14H14N2OS2. The van der Waals surface area contributed by atoms with Gasteiger partial charge in [-0.3, -0.25) is 9.69 Å². The first-order valence-electron chi connectivity index (χ1n) is 6.12. The second kappa shape index (κ2) is 4.90. The lowest BCUT2D eigenvalue weighted by molar-refractivity contribution is -0.117. The molecule has 5 heteroatoms. The van der Waals surface area contributed by atoms with E-state index in [-0.39, 0.29) is 11.8 Å². The molecule has 0 aliphatic carbocycles. The second-order valence-corrected chi connectivity index (χ2v) is 6.75. The molecule has 1 unspecified atom stereocenters. The van der Waals surface area contributed by atoms with Crippen LogP contribution in [0.25, 0.3) is 10.6 Å². The van der Waals surface area contributed by atoms with Crippen molar-refractivity contribution in [2.45, 2.75) is 13.3 Å². The minimum absolute atomic E-state index is 0.146. The Morgan fingerprint density at radius 1 is 1.53 bits per heavy atom. The molecule has 1 amide bonds. The van der Waals surface area contributed by atoms with Crippen molar-refractivity contribution < 1.29 is 4.79 Å². The van der Waals surface area contributed by atoms with Crippen LogP contribution in [0.2, 0.25) is 0 Å². The van der Waals surface area contributed by atoms with Crippen LogP contribution in [0.5, 0.6) is 0 Å². The standard InChI is InChI=1S/C14H14N2OS2/c1-3-10-6-13(17)16(7-10)14-15-11(8-18-14)12-5-4-9(2)19-12/h3-5,8,10H,1,6-7H2,2H3. The summed E-state index contributed by atoms with van der Waals surface area (Å²) in [5.41, 5.74) is 0.966. The summed E-state index contributed by atoms with van der Waals surface area (Å²) < 4.78 is 0. The molecule has 1 atom stereocenters. The van der Waals surface area contributed by atoms with E-state index in [2.05, 4.69) is 30.6 Å². The summed E-state index contributed by atoms with van der Waals surface area (Å²) in [5, 5.41) is 2.82. The van der Waals surface area contributed by atoms with Crippen LogP contribution in [0.4, 0.5) is 5.13 Å². The largest absolute Gasteiger partial charge is 0.287 e. The number of thiophene rings is 1. The predicted molar refractivity (Wildman–Crippen MR) is 80.8 cm³/mol. The molecule has 0 aromatic carbocycles. The van der Waals surface area contributed by atoms with Gasteiger partial charge in [-0.25, -0.2) is 4.98 Å². The number of aryl methyl sites for hydroxylation is 1. The number of anilines is 1. The lowest BCUT2D eigenvalue weighted by Gasteiger charge is -2.11. The average molecular weight is 290 g/mol. The first-order valence-corrected chi connectivity index (χ1v) is 7.82. The Hall–Kier alpha value is -1.46. The van der Waals surface area contributed by atoms with Crippen molar-refractivity contribution in [1.82, 2.24) is 4.98 Å². The van der Waals surface area contributed by atoms with Crippen LogP contribution in [0.3, 0.4) is 0 Å². The van der Waals surface area contributed by atoms with Gasteiger partial charge < -0.3 is 0 Å². The maximum Gasteiger partial charge on any atom is 0.229 e. The lowest BCUT2D eigenvalue weighted by Crippen LogP contribution is -2.24. The fourth-order valence-electron chi connectivity index (χ4n) is 2.15. The average Bonchev–Trinajstić information content (AvgIpc) is 3.07. The minimum atomic E-state index is 0.146. The summed E-state index contributed by atoms with van der Waals surface area (Å²) in [5.74, 6) is 0.400. The Bertz CT molecular complexity index is 629. The van der Waals surface area contributed by atoms with Gasteiger partial charge in [-0.05, 0) is 19.1 Å². The van der Waals surface area contributed by atoms with Crippen molar-refractivity contribution in [2.75, 3.05) is 11.4 Å². The van der Waals surface area contributed by atoms with E-state index in [0.29, 0.717) is 13.0 Å². The summed E-state index contributed by atoms with van der Waals surface area (Å²) in [6.45, 7) is 6.56. The molecule has 0 radical (unpaired) electrons. The summed E-state index contributed by atoms with van der Waals surface area (Å²) in [7, 11) is 0. The number of hydrogen-bond acceptors (Lipinski definition) is 4. The van der Waals surface area contributed by atoms with E-state index in [0.717, 1.165) is 15.7 Å². The second-order valence-electron chi connectivity index (χ2n) is 4.63. The zero-order valence-electron chi connectivity index (χ0n) is 10.6. The normalized spacial score (nSPS) is 19.1. The van der Waals surface area contributed by atoms with Crippen molar-refractivity contribution in [2.24, 2.45) is 5.92 Å². The van der Waals surface area contributed by atoms with E-state index >= 15 is 0 Å². The van der Waals surface area contributed by atoms with Gasteiger partial charge in [0.2, 0.25) is 5.91 Å². The summed E-state index contributed by atoms with van der Waals surface area (Å²) >= 11 is 3.26. The molecule has 3 heterocycles. The molecule has 1 aliphatic heterocycles. The monoisotopic (exact) mass is 290 g/mol. The smallest absolute Gasteiger partial charge is 0.229 e. The minimum Gasteiger partial charge on any atom is -0.287 e. The highest BCUT2D eigenvalue weighted by atomic mass is 32.1. The molecule has 0 spiro atoms. The Labute approximate surface area is 120 Å². The van der Waals surface area contributed by atoms with E-state index in [9.17, 15) is 4.79 Å². The van der Waals surface area contributed by atoms with Gasteiger partial charge in [0.1, 0.15) is 0 Å². The molecule has 1 saturated heterocycles. The Morgan fingerprint density at radius 2 is 2.37 bits per heavy atom. The van der Waals surface area contributed by atoms with Gasteiger partial charge in [0.15, 0.2) is 5.13 Å². The first kappa shape index (κ1) is 12.6. The Kier molecular flexibility index (Phi) is 3.24. The van der Waals surface area contributed by atoms with Crippen molar-refractivity contribution in [1.29, 1.82) is 0 Å². The van der Waals surface area contributed by atoms with E-state index in [1.54, 1.807) is 16.2 Å². The van der Waals surface area contributed by atoms with Crippen molar-refractivity contribution >= 4 is 33.7 Å². The molecule has 0 saturated carbocycles. The zero-order chi connectivity index (χ0) is 13.4. The molecule has 1 aliphatic rings. The van der Waals surface area contributed by atoms with Gasteiger partial charge in [-0.2, -0.15) is 0 Å². The first-order chi connectivity index (χ1) is 9.17. The maximum absolute atomic E-state index is 11.9. The van der Waals surface area contributed by atoms with Crippen LogP contribution in [0.1, 0.15) is 11.3 Å². The number of rotatable bonds is 3. The number of amides is 1. The lowest BCUT2D eigenvalue weighted by atomic mass is 10.1. The van der Waals surface area contributed by atoms with E-state index in [1.165, 1.54) is 16.2 Å². The molecule has 3 nitrogen and oxygen atoms in total. The quantitative estimate of drug-likeness (QED) is 0.807. The van der Waals surface area contributed by atoms with E-state index in [1.807, 2.05) is 11.5 Å². The predicted octanol–water partition coefficient (Wildman–Crippen LogP) is 3.72. The number of carbonyl (C=O) groups excluding carboxylic acids is 1. The fourth-order valence-corrected chi connectivity index (χ4v) is 3.91. The molecule has 19 heavy (non-hydrogen) atoms. The van der Waals surface area contributed by atoms with Crippen LogP contribution in [0, 0.1) is 12.8 Å². The van der Waals surface area contributed by atoms with Crippen LogP contribution < -0.4 is 4.90 Å². The van der Waals surface area contributed by atoms with Crippen LogP contribution >= 0.6 is 22.7 Å². The SMILES string of the molecule is C=CC1CC(=O)N(c2nc(-c3ccc(C)s3)cs2)C1. The number of hydrogen-bond donors (Lipinski definition) is 0. The molecule has 98 valence electrons. The van der Waals surface area contributed by atoms with E-state index in [4.69, 9.17) is 0 Å². The molecule has 2 aromatic rings. The Morgan fingerprint density at radius 3 is 3.00 bits per heavy atom. The topological polar surface area (TPSA) is 33.2 Å². The van der Waals surface area contributed by atoms with Crippen LogP contribution in [-0.4, -0.2) is 17.4 Å². The highest BCUT2D eigenvalue weighted by molar-refractivity contribution is 7.17. The summed E-state index contributed by atoms with van der Waals surface area (Å²) in [4.78, 5) is 20.7. The van der Waals surface area contributed by atoms with Gasteiger partial charge in [-0.15, -0.1) is 29.3 Å². The van der Waals surface area contributed by atoms with Gasteiger partial charge in [0, 0.05) is 29.1 Å². The Balaban J connectivity index is 1.86. The third-order valence-corrected chi connectivity index (χ3v) is 5.09. The fraction of sp³-hybridized carbons (Fsp3) is 0.286. The van der Waals surface area contributed by atoms with Gasteiger partial charge in [-0.1, -0.05) is 6.08 Å². The van der Waals surface area contributed by atoms with Crippen molar-refractivity contribution in [3.63, 3.8) is 0 Å². The third-order valence-electron chi connectivity index (χ3n) is 3.20. The number of carbonyl (C=O) groups is 1. The molecule has 0 N–H and O–H groups in total. The highest BCUT2D eigenvalue weighted by Crippen LogP contribution is 2.34. The third kappa shape index (κ3) is 2.35. The maximum atomic E-state index is 11.9. The van der Waals surface area contributed by atoms with Crippen LogP contribution in [-0.2, 0) is 4.79 Å². The summed E-state index contributed by atoms with van der Waals surface area (Å²) in [6, 6.07) is 4.17. The number of nitrogens with zero attached hydrogens (tertiary/aromatic N) is 2. The van der Waals surface area contributed by atoms with Gasteiger partial charge in [0.05, 0.1) is 10.6 Å². The van der Waals surface area contributed by atoms with Gasteiger partial charge in [0.25, 0.3) is 0 Å². The number of aromatic nitrogens is 1. The van der Waals surface area contributed by atoms with Crippen molar-refractivity contribution in [3.05, 3.63) is 35.0 Å².